The van der Waals surface area contributed by atoms with Crippen LogP contribution in [0.2, 0.25) is 0 Å². The average molecular weight is 221 g/mol. The van der Waals surface area contributed by atoms with Gasteiger partial charge in [0.2, 0.25) is 11.7 Å². The minimum absolute atomic E-state index is 0.0637. The summed E-state index contributed by atoms with van der Waals surface area (Å²) in [6, 6.07) is 3.47. The molecule has 2 aromatic heterocycles. The molecular weight excluding hydrogens is 210 g/mol. The van der Waals surface area contributed by atoms with Crippen LogP contribution in [0.25, 0.3) is 11.6 Å². The zero-order valence-corrected chi connectivity index (χ0v) is 8.46. The monoisotopic (exact) mass is 221 g/mol. The van der Waals surface area contributed by atoms with Gasteiger partial charge in [-0.05, 0) is 18.6 Å². The second kappa shape index (κ2) is 3.73. The number of nitrogens with one attached hydrogen (secondary N) is 1. The fourth-order valence-electron chi connectivity index (χ4n) is 1.79. The largest absolute Gasteiger partial charge is 0.461 e. The molecular formula is C10H11N3O3. The van der Waals surface area contributed by atoms with Gasteiger partial charge in [0.05, 0.1) is 18.4 Å². The van der Waals surface area contributed by atoms with Gasteiger partial charge in [0.15, 0.2) is 5.76 Å². The Kier molecular flexibility index (Phi) is 2.23. The summed E-state index contributed by atoms with van der Waals surface area (Å²) in [4.78, 5) is 4.22. The van der Waals surface area contributed by atoms with Crippen molar-refractivity contribution in [2.45, 2.75) is 18.6 Å². The van der Waals surface area contributed by atoms with E-state index in [0.717, 1.165) is 0 Å². The Balaban J connectivity index is 1.83. The lowest BCUT2D eigenvalue weighted by molar-refractivity contribution is 0.191. The van der Waals surface area contributed by atoms with E-state index in [-0.39, 0.29) is 12.1 Å². The van der Waals surface area contributed by atoms with Crippen LogP contribution >= 0.6 is 0 Å². The lowest BCUT2D eigenvalue weighted by atomic mass is 10.2. The molecule has 16 heavy (non-hydrogen) atoms. The molecule has 0 amide bonds. The SMILES string of the molecule is OC1CNC(c2nc(-c3ccco3)no2)C1. The summed E-state index contributed by atoms with van der Waals surface area (Å²) < 4.78 is 10.3. The molecule has 2 aromatic rings. The maximum Gasteiger partial charge on any atom is 0.244 e. The van der Waals surface area contributed by atoms with Crippen LogP contribution in [-0.2, 0) is 0 Å². The Morgan fingerprint density at radius 2 is 2.44 bits per heavy atom. The lowest BCUT2D eigenvalue weighted by Gasteiger charge is -2.01. The Labute approximate surface area is 91.3 Å². The molecule has 84 valence electrons. The smallest absolute Gasteiger partial charge is 0.244 e. The van der Waals surface area contributed by atoms with E-state index in [1.807, 2.05) is 0 Å². The van der Waals surface area contributed by atoms with E-state index in [2.05, 4.69) is 15.5 Å². The van der Waals surface area contributed by atoms with Gasteiger partial charge in [-0.3, -0.25) is 0 Å². The molecule has 3 heterocycles. The van der Waals surface area contributed by atoms with Crippen molar-refractivity contribution >= 4 is 0 Å². The first kappa shape index (κ1) is 9.56. The first-order valence-corrected chi connectivity index (χ1v) is 5.12. The summed E-state index contributed by atoms with van der Waals surface area (Å²) in [5, 5.41) is 16.3. The maximum absolute atomic E-state index is 9.38. The molecule has 3 rings (SSSR count). The van der Waals surface area contributed by atoms with Crippen molar-refractivity contribution in [3.8, 4) is 11.6 Å². The van der Waals surface area contributed by atoms with E-state index in [1.54, 1.807) is 18.4 Å². The number of hydrogen-bond donors (Lipinski definition) is 2. The highest BCUT2D eigenvalue weighted by Gasteiger charge is 2.28. The van der Waals surface area contributed by atoms with Crippen LogP contribution in [0.5, 0.6) is 0 Å². The molecule has 1 fully saturated rings. The average Bonchev–Trinajstić information content (AvgIpc) is 2.97. The molecule has 0 aromatic carbocycles. The van der Waals surface area contributed by atoms with Gasteiger partial charge in [0, 0.05) is 6.54 Å². The van der Waals surface area contributed by atoms with Crippen LogP contribution in [0.1, 0.15) is 18.4 Å². The van der Waals surface area contributed by atoms with Gasteiger partial charge in [0.1, 0.15) is 0 Å². The van der Waals surface area contributed by atoms with Gasteiger partial charge in [-0.25, -0.2) is 0 Å². The Morgan fingerprint density at radius 1 is 1.50 bits per heavy atom. The molecule has 2 N–H and O–H groups in total. The highest BCUT2D eigenvalue weighted by Crippen LogP contribution is 2.24. The molecule has 1 aliphatic rings. The third-order valence-electron chi connectivity index (χ3n) is 2.59. The van der Waals surface area contributed by atoms with Gasteiger partial charge < -0.3 is 19.4 Å². The van der Waals surface area contributed by atoms with E-state index in [1.165, 1.54) is 0 Å². The number of aromatic nitrogens is 2. The molecule has 0 bridgehead atoms. The summed E-state index contributed by atoms with van der Waals surface area (Å²) >= 11 is 0. The van der Waals surface area contributed by atoms with Crippen LogP contribution in [0.15, 0.2) is 27.3 Å². The number of β-amino-alcohol motifs (C(OH)–C–C–N with tert-alkyl or cyclic N) is 1. The van der Waals surface area contributed by atoms with Gasteiger partial charge >= 0.3 is 0 Å². The second-order valence-corrected chi connectivity index (χ2v) is 3.78. The van der Waals surface area contributed by atoms with Gasteiger partial charge in [0.25, 0.3) is 0 Å². The predicted molar refractivity (Wildman–Crippen MR) is 53.4 cm³/mol. The van der Waals surface area contributed by atoms with Crippen LogP contribution in [0, 0.1) is 0 Å². The fourth-order valence-corrected chi connectivity index (χ4v) is 1.79. The molecule has 1 saturated heterocycles. The number of nitrogens with zero attached hydrogens (tertiary/aromatic N) is 2. The molecule has 2 unspecified atom stereocenters. The van der Waals surface area contributed by atoms with Crippen molar-refractivity contribution in [2.75, 3.05) is 6.54 Å². The van der Waals surface area contributed by atoms with Gasteiger partial charge in [-0.15, -0.1) is 0 Å². The number of furan rings is 1. The topological polar surface area (TPSA) is 84.3 Å². The highest BCUT2D eigenvalue weighted by atomic mass is 16.5. The summed E-state index contributed by atoms with van der Waals surface area (Å²) in [5.74, 6) is 1.50. The molecule has 0 spiro atoms. The van der Waals surface area contributed by atoms with E-state index < -0.39 is 0 Å². The van der Waals surface area contributed by atoms with Crippen molar-refractivity contribution < 1.29 is 14.0 Å². The molecule has 6 heteroatoms. The molecule has 0 radical (unpaired) electrons. The van der Waals surface area contributed by atoms with Crippen molar-refractivity contribution in [1.82, 2.24) is 15.5 Å². The van der Waals surface area contributed by atoms with Crippen molar-refractivity contribution in [2.24, 2.45) is 0 Å². The van der Waals surface area contributed by atoms with Crippen LogP contribution < -0.4 is 5.32 Å². The Morgan fingerprint density at radius 3 is 3.12 bits per heavy atom. The van der Waals surface area contributed by atoms with Crippen molar-refractivity contribution in [3.63, 3.8) is 0 Å². The standard InChI is InChI=1S/C10H11N3O3/c14-6-4-7(11-5-6)10-12-9(13-16-10)8-2-1-3-15-8/h1-3,6-7,11,14H,4-5H2. The second-order valence-electron chi connectivity index (χ2n) is 3.78. The number of rotatable bonds is 2. The molecule has 6 nitrogen and oxygen atoms in total. The first-order valence-electron chi connectivity index (χ1n) is 5.12. The summed E-state index contributed by atoms with van der Waals surface area (Å²) in [7, 11) is 0. The molecule has 2 atom stereocenters. The Hall–Kier alpha value is -1.66. The number of aliphatic hydroxyl groups excluding tert-OH is 1. The molecule has 0 saturated carbocycles. The summed E-state index contributed by atoms with van der Waals surface area (Å²) in [6.07, 6.45) is 1.81. The fraction of sp³-hybridized carbons (Fsp3) is 0.400. The zero-order chi connectivity index (χ0) is 11.0. The van der Waals surface area contributed by atoms with Crippen LogP contribution in [0.4, 0.5) is 0 Å². The van der Waals surface area contributed by atoms with E-state index in [9.17, 15) is 5.11 Å². The van der Waals surface area contributed by atoms with Crippen molar-refractivity contribution in [1.29, 1.82) is 0 Å². The third kappa shape index (κ3) is 1.62. The number of aliphatic hydroxyl groups is 1. The molecule has 1 aliphatic heterocycles. The van der Waals surface area contributed by atoms with Gasteiger partial charge in [-0.1, -0.05) is 5.16 Å². The van der Waals surface area contributed by atoms with Crippen molar-refractivity contribution in [3.05, 3.63) is 24.3 Å². The van der Waals surface area contributed by atoms with E-state index in [0.29, 0.717) is 30.4 Å². The number of hydrogen-bond acceptors (Lipinski definition) is 6. The highest BCUT2D eigenvalue weighted by molar-refractivity contribution is 5.44. The lowest BCUT2D eigenvalue weighted by Crippen LogP contribution is -2.15. The van der Waals surface area contributed by atoms with Gasteiger partial charge in [-0.2, -0.15) is 4.98 Å². The minimum atomic E-state index is -0.344. The van der Waals surface area contributed by atoms with Crippen LogP contribution in [0.3, 0.4) is 0 Å². The quantitative estimate of drug-likeness (QED) is 0.777. The summed E-state index contributed by atoms with van der Waals surface area (Å²) in [6.45, 7) is 0.559. The van der Waals surface area contributed by atoms with Crippen LogP contribution in [-0.4, -0.2) is 27.9 Å². The molecule has 0 aliphatic carbocycles. The summed E-state index contributed by atoms with van der Waals surface area (Å²) in [5.41, 5.74) is 0. The van der Waals surface area contributed by atoms with E-state index >= 15 is 0 Å². The third-order valence-corrected chi connectivity index (χ3v) is 2.59. The maximum atomic E-state index is 9.38. The van der Waals surface area contributed by atoms with E-state index in [4.69, 9.17) is 8.94 Å². The minimum Gasteiger partial charge on any atom is -0.461 e. The predicted octanol–water partition coefficient (Wildman–Crippen LogP) is 0.725. The first-order chi connectivity index (χ1) is 7.83. The normalized spacial score (nSPS) is 25.1. The zero-order valence-electron chi connectivity index (χ0n) is 8.46. The Bertz CT molecular complexity index is 465.